The van der Waals surface area contributed by atoms with E-state index in [1.807, 2.05) is 26.0 Å². The predicted octanol–water partition coefficient (Wildman–Crippen LogP) is 5.25. The lowest BCUT2D eigenvalue weighted by molar-refractivity contribution is 1.12. The summed E-state index contributed by atoms with van der Waals surface area (Å²) in [5.74, 6) is 0. The summed E-state index contributed by atoms with van der Waals surface area (Å²) in [6, 6.07) is 12.4. The molecule has 3 aromatic rings. The fourth-order valence-electron chi connectivity index (χ4n) is 2.14. The van der Waals surface area contributed by atoms with E-state index in [-0.39, 0.29) is 0 Å². The minimum atomic E-state index is 1.01. The molecule has 3 rings (SSSR count). The zero-order chi connectivity index (χ0) is 14.1. The zero-order valence-electron chi connectivity index (χ0n) is 11.2. The molecule has 0 radical (unpaired) electrons. The van der Waals surface area contributed by atoms with Crippen molar-refractivity contribution in [2.24, 2.45) is 0 Å². The Labute approximate surface area is 130 Å². The highest BCUT2D eigenvalue weighted by molar-refractivity contribution is 9.10. The van der Waals surface area contributed by atoms with Crippen molar-refractivity contribution < 1.29 is 0 Å². The Kier molecular flexibility index (Phi) is 3.68. The molecule has 0 N–H and O–H groups in total. The quantitative estimate of drug-likeness (QED) is 0.634. The average Bonchev–Trinajstić information content (AvgIpc) is 2.87. The first kappa shape index (κ1) is 13.5. The topological polar surface area (TPSA) is 25.8 Å². The molecular weight excluding hydrogens is 332 g/mol. The number of benzene rings is 1. The number of thiazole rings is 1. The Bertz CT molecular complexity index is 744. The third-order valence-corrected chi connectivity index (χ3v) is 4.34. The Balaban J connectivity index is 2.02. The van der Waals surface area contributed by atoms with E-state index in [0.29, 0.717) is 0 Å². The first-order valence-corrected chi connectivity index (χ1v) is 7.96. The summed E-state index contributed by atoms with van der Waals surface area (Å²) in [7, 11) is 0. The first-order valence-electron chi connectivity index (χ1n) is 6.29. The van der Waals surface area contributed by atoms with Gasteiger partial charge in [-0.1, -0.05) is 28.1 Å². The van der Waals surface area contributed by atoms with Gasteiger partial charge in [0.15, 0.2) is 0 Å². The lowest BCUT2D eigenvalue weighted by Crippen LogP contribution is -1.87. The standard InChI is InChI=1S/C16H13BrN2S/c1-10-6-13(7-11(2)18-10)16-19-15(9-20-16)12-4-3-5-14(17)8-12/h3-9H,1-2H3. The summed E-state index contributed by atoms with van der Waals surface area (Å²) < 4.78 is 1.07. The van der Waals surface area contributed by atoms with E-state index in [4.69, 9.17) is 4.98 Å². The molecule has 100 valence electrons. The maximum Gasteiger partial charge on any atom is 0.124 e. The van der Waals surface area contributed by atoms with Crippen molar-refractivity contribution in [2.75, 3.05) is 0 Å². The highest BCUT2D eigenvalue weighted by atomic mass is 79.9. The third kappa shape index (κ3) is 2.81. The first-order chi connectivity index (χ1) is 9.61. The molecule has 0 aliphatic carbocycles. The van der Waals surface area contributed by atoms with E-state index >= 15 is 0 Å². The van der Waals surface area contributed by atoms with Gasteiger partial charge in [0, 0.05) is 32.4 Å². The molecule has 0 saturated carbocycles. The van der Waals surface area contributed by atoms with Crippen LogP contribution in [0.5, 0.6) is 0 Å². The number of hydrogen-bond donors (Lipinski definition) is 0. The fraction of sp³-hybridized carbons (Fsp3) is 0.125. The zero-order valence-corrected chi connectivity index (χ0v) is 13.6. The lowest BCUT2D eigenvalue weighted by Gasteiger charge is -2.01. The summed E-state index contributed by atoms with van der Waals surface area (Å²) in [6.45, 7) is 4.03. The number of nitrogens with zero attached hydrogens (tertiary/aromatic N) is 2. The molecule has 0 unspecified atom stereocenters. The number of aryl methyl sites for hydroxylation is 2. The number of hydrogen-bond acceptors (Lipinski definition) is 3. The number of pyridine rings is 1. The van der Waals surface area contributed by atoms with E-state index < -0.39 is 0 Å². The van der Waals surface area contributed by atoms with Gasteiger partial charge in [0.2, 0.25) is 0 Å². The Morgan fingerprint density at radius 2 is 1.70 bits per heavy atom. The molecule has 2 aromatic heterocycles. The largest absolute Gasteiger partial charge is 0.258 e. The summed E-state index contributed by atoms with van der Waals surface area (Å²) >= 11 is 5.16. The third-order valence-electron chi connectivity index (χ3n) is 2.95. The van der Waals surface area contributed by atoms with Crippen LogP contribution in [0.25, 0.3) is 21.8 Å². The summed E-state index contributed by atoms with van der Waals surface area (Å²) in [6.07, 6.45) is 0. The molecule has 0 aliphatic heterocycles. The van der Waals surface area contributed by atoms with Gasteiger partial charge >= 0.3 is 0 Å². The molecule has 0 aliphatic rings. The maximum atomic E-state index is 4.74. The van der Waals surface area contributed by atoms with Crippen LogP contribution in [0.3, 0.4) is 0 Å². The minimum Gasteiger partial charge on any atom is -0.258 e. The van der Waals surface area contributed by atoms with Crippen molar-refractivity contribution in [3.05, 3.63) is 57.6 Å². The van der Waals surface area contributed by atoms with Crippen molar-refractivity contribution in [3.8, 4) is 21.8 Å². The average molecular weight is 345 g/mol. The van der Waals surface area contributed by atoms with Crippen LogP contribution < -0.4 is 0 Å². The highest BCUT2D eigenvalue weighted by Gasteiger charge is 2.08. The van der Waals surface area contributed by atoms with Gasteiger partial charge in [-0.2, -0.15) is 0 Å². The smallest absolute Gasteiger partial charge is 0.124 e. The van der Waals surface area contributed by atoms with Crippen LogP contribution in [-0.2, 0) is 0 Å². The van der Waals surface area contributed by atoms with E-state index in [9.17, 15) is 0 Å². The normalized spacial score (nSPS) is 10.8. The van der Waals surface area contributed by atoms with Crippen LogP contribution >= 0.6 is 27.3 Å². The van der Waals surface area contributed by atoms with Crippen molar-refractivity contribution in [1.82, 2.24) is 9.97 Å². The van der Waals surface area contributed by atoms with Gasteiger partial charge in [0.05, 0.1) is 5.69 Å². The summed E-state index contributed by atoms with van der Waals surface area (Å²) in [5.41, 5.74) is 5.34. The molecule has 20 heavy (non-hydrogen) atoms. The molecule has 0 amide bonds. The molecule has 2 nitrogen and oxygen atoms in total. The monoisotopic (exact) mass is 344 g/mol. The molecule has 0 saturated heterocycles. The molecule has 2 heterocycles. The maximum absolute atomic E-state index is 4.74. The number of rotatable bonds is 2. The second-order valence-electron chi connectivity index (χ2n) is 4.69. The second-order valence-corrected chi connectivity index (χ2v) is 6.46. The molecular formula is C16H13BrN2S. The highest BCUT2D eigenvalue weighted by Crippen LogP contribution is 2.30. The van der Waals surface area contributed by atoms with Gasteiger partial charge in [-0.05, 0) is 38.1 Å². The number of aromatic nitrogens is 2. The van der Waals surface area contributed by atoms with Crippen molar-refractivity contribution in [2.45, 2.75) is 13.8 Å². The van der Waals surface area contributed by atoms with Crippen molar-refractivity contribution >= 4 is 27.3 Å². The SMILES string of the molecule is Cc1cc(-c2nc(-c3cccc(Br)c3)cs2)cc(C)n1. The molecule has 4 heteroatoms. The van der Waals surface area contributed by atoms with Crippen molar-refractivity contribution in [1.29, 1.82) is 0 Å². The van der Waals surface area contributed by atoms with Crippen LogP contribution in [0, 0.1) is 13.8 Å². The van der Waals surface area contributed by atoms with Gasteiger partial charge < -0.3 is 0 Å². The molecule has 0 bridgehead atoms. The summed E-state index contributed by atoms with van der Waals surface area (Å²) in [4.78, 5) is 9.15. The van der Waals surface area contributed by atoms with Gasteiger partial charge in [-0.25, -0.2) is 4.98 Å². The van der Waals surface area contributed by atoms with Gasteiger partial charge in [0.25, 0.3) is 0 Å². The van der Waals surface area contributed by atoms with Crippen LogP contribution in [0.4, 0.5) is 0 Å². The Morgan fingerprint density at radius 3 is 2.40 bits per heavy atom. The van der Waals surface area contributed by atoms with E-state index in [0.717, 1.165) is 37.7 Å². The van der Waals surface area contributed by atoms with E-state index in [1.165, 1.54) is 0 Å². The van der Waals surface area contributed by atoms with Crippen molar-refractivity contribution in [3.63, 3.8) is 0 Å². The van der Waals surface area contributed by atoms with E-state index in [1.54, 1.807) is 11.3 Å². The Morgan fingerprint density at radius 1 is 0.950 bits per heavy atom. The molecule has 0 atom stereocenters. The lowest BCUT2D eigenvalue weighted by atomic mass is 10.2. The van der Waals surface area contributed by atoms with Gasteiger partial charge in [-0.15, -0.1) is 11.3 Å². The molecule has 0 fully saturated rings. The van der Waals surface area contributed by atoms with Gasteiger partial charge in [-0.3, -0.25) is 4.98 Å². The van der Waals surface area contributed by atoms with Crippen LogP contribution in [0.2, 0.25) is 0 Å². The van der Waals surface area contributed by atoms with Crippen LogP contribution in [0.15, 0.2) is 46.3 Å². The van der Waals surface area contributed by atoms with Gasteiger partial charge in [0.1, 0.15) is 5.01 Å². The molecule has 1 aromatic carbocycles. The minimum absolute atomic E-state index is 1.01. The predicted molar refractivity (Wildman–Crippen MR) is 88.0 cm³/mol. The number of halogens is 1. The van der Waals surface area contributed by atoms with E-state index in [2.05, 4.69) is 50.6 Å². The summed E-state index contributed by atoms with van der Waals surface area (Å²) in [5, 5.41) is 3.14. The Hall–Kier alpha value is -1.52. The second kappa shape index (κ2) is 5.46. The molecule has 0 spiro atoms. The van der Waals surface area contributed by atoms with Crippen LogP contribution in [0.1, 0.15) is 11.4 Å². The fourth-order valence-corrected chi connectivity index (χ4v) is 3.36. The van der Waals surface area contributed by atoms with Crippen LogP contribution in [-0.4, -0.2) is 9.97 Å².